The quantitative estimate of drug-likeness (QED) is 0.223. The topological polar surface area (TPSA) is 31.6 Å². The summed E-state index contributed by atoms with van der Waals surface area (Å²) in [6.45, 7) is 8.38. The lowest BCUT2D eigenvalue weighted by Crippen LogP contribution is -2.41. The number of benzene rings is 4. The van der Waals surface area contributed by atoms with E-state index in [1.807, 2.05) is 22.7 Å². The Hall–Kier alpha value is -2.64. The van der Waals surface area contributed by atoms with E-state index in [9.17, 15) is 0 Å². The van der Waals surface area contributed by atoms with Gasteiger partial charge in [-0.15, -0.1) is 22.7 Å². The summed E-state index contributed by atoms with van der Waals surface area (Å²) < 4.78 is 24.8. The molecule has 0 spiro atoms. The van der Waals surface area contributed by atoms with Crippen molar-refractivity contribution in [1.29, 1.82) is 0 Å². The van der Waals surface area contributed by atoms with E-state index in [4.69, 9.17) is 13.7 Å². The van der Waals surface area contributed by atoms with Crippen LogP contribution in [0.25, 0.3) is 62.3 Å². The Morgan fingerprint density at radius 3 is 2.06 bits per heavy atom. The maximum absolute atomic E-state index is 6.89. The fraction of sp³-hybridized carbons (Fsp3) is 0.214. The predicted octanol–water partition coefficient (Wildman–Crippen LogP) is 8.06. The van der Waals surface area contributed by atoms with Gasteiger partial charge in [0.25, 0.3) is 0 Å². The molecule has 0 saturated carbocycles. The van der Waals surface area contributed by atoms with Crippen LogP contribution in [0.15, 0.2) is 59.0 Å². The van der Waals surface area contributed by atoms with Crippen molar-refractivity contribution < 1.29 is 13.7 Å². The van der Waals surface area contributed by atoms with Gasteiger partial charge in [-0.3, -0.25) is 0 Å². The molecule has 0 aliphatic carbocycles. The zero-order chi connectivity index (χ0) is 23.0. The van der Waals surface area contributed by atoms with E-state index in [-0.39, 0.29) is 11.2 Å². The van der Waals surface area contributed by atoms with Crippen molar-refractivity contribution in [3.05, 3.63) is 54.6 Å². The van der Waals surface area contributed by atoms with E-state index in [1.165, 1.54) is 45.7 Å². The third kappa shape index (κ3) is 2.35. The van der Waals surface area contributed by atoms with E-state index in [0.29, 0.717) is 0 Å². The predicted molar refractivity (Wildman–Crippen MR) is 146 cm³/mol. The summed E-state index contributed by atoms with van der Waals surface area (Å²) in [5, 5.41) is 7.42. The molecule has 1 aliphatic rings. The van der Waals surface area contributed by atoms with Gasteiger partial charge in [0, 0.05) is 45.7 Å². The zero-order valence-electron chi connectivity index (χ0n) is 19.3. The van der Waals surface area contributed by atoms with Crippen molar-refractivity contribution in [1.82, 2.24) is 0 Å². The Balaban J connectivity index is 1.56. The van der Waals surface area contributed by atoms with E-state index in [0.717, 1.165) is 22.0 Å². The Morgan fingerprint density at radius 2 is 1.32 bits per heavy atom. The van der Waals surface area contributed by atoms with Crippen molar-refractivity contribution in [2.45, 2.75) is 38.9 Å². The second kappa shape index (κ2) is 6.13. The molecule has 4 aromatic carbocycles. The monoisotopic (exact) mass is 480 g/mol. The van der Waals surface area contributed by atoms with Gasteiger partial charge >= 0.3 is 7.12 Å². The highest BCUT2D eigenvalue weighted by Gasteiger charge is 2.51. The summed E-state index contributed by atoms with van der Waals surface area (Å²) in [6.07, 6.45) is 0. The van der Waals surface area contributed by atoms with E-state index in [2.05, 4.69) is 82.3 Å². The third-order valence-corrected chi connectivity index (χ3v) is 10.1. The lowest BCUT2D eigenvalue weighted by Gasteiger charge is -2.32. The van der Waals surface area contributed by atoms with Gasteiger partial charge in [-0.05, 0) is 68.9 Å². The molecule has 1 fully saturated rings. The Morgan fingerprint density at radius 1 is 0.676 bits per heavy atom. The second-order valence-electron chi connectivity index (χ2n) is 10.4. The van der Waals surface area contributed by atoms with Gasteiger partial charge in [-0.1, -0.05) is 24.3 Å². The minimum atomic E-state index is -0.427. The summed E-state index contributed by atoms with van der Waals surface area (Å²) in [6, 6.07) is 19.7. The first-order valence-corrected chi connectivity index (χ1v) is 13.2. The summed E-state index contributed by atoms with van der Waals surface area (Å²) in [5.74, 6) is 0. The molecule has 1 saturated heterocycles. The number of rotatable bonds is 1. The maximum Gasteiger partial charge on any atom is 0.495 e. The Bertz CT molecular complexity index is 1920. The van der Waals surface area contributed by atoms with Gasteiger partial charge in [0.05, 0.1) is 11.2 Å². The summed E-state index contributed by atoms with van der Waals surface area (Å²) in [4.78, 5) is 0. The molecule has 7 aromatic rings. The molecule has 1 aliphatic heterocycles. The molecule has 8 rings (SSSR count). The van der Waals surface area contributed by atoms with Gasteiger partial charge in [-0.2, -0.15) is 0 Å². The van der Waals surface area contributed by atoms with Crippen LogP contribution in [-0.2, 0) is 9.31 Å². The lowest BCUT2D eigenvalue weighted by molar-refractivity contribution is 0.00578. The number of hydrogen-bond acceptors (Lipinski definition) is 5. The van der Waals surface area contributed by atoms with Gasteiger partial charge in [0.2, 0.25) is 0 Å². The van der Waals surface area contributed by atoms with Crippen LogP contribution < -0.4 is 5.46 Å². The number of hydrogen-bond donors (Lipinski definition) is 0. The van der Waals surface area contributed by atoms with Crippen LogP contribution in [-0.4, -0.2) is 18.3 Å². The summed E-state index contributed by atoms with van der Waals surface area (Å²) in [7, 11) is -0.427. The molecule has 0 amide bonds. The molecule has 0 N–H and O–H groups in total. The Kier molecular flexibility index (Phi) is 3.54. The fourth-order valence-electron chi connectivity index (χ4n) is 5.42. The molecule has 0 bridgehead atoms. The smallest absolute Gasteiger partial charge is 0.455 e. The van der Waals surface area contributed by atoms with Crippen LogP contribution in [0.5, 0.6) is 0 Å². The van der Waals surface area contributed by atoms with Crippen molar-refractivity contribution in [3.8, 4) is 0 Å². The molecule has 3 aromatic heterocycles. The maximum atomic E-state index is 6.89. The fourth-order valence-corrected chi connectivity index (χ4v) is 7.76. The second-order valence-corrected chi connectivity index (χ2v) is 12.6. The number of fused-ring (bicyclic) bond motifs is 2. The first-order valence-electron chi connectivity index (χ1n) is 11.6. The minimum absolute atomic E-state index is 0.389. The van der Waals surface area contributed by atoms with E-state index < -0.39 is 7.12 Å². The average molecular weight is 480 g/mol. The van der Waals surface area contributed by atoms with Gasteiger partial charge in [0.1, 0.15) is 11.2 Å². The zero-order valence-corrected chi connectivity index (χ0v) is 20.9. The van der Waals surface area contributed by atoms with Crippen molar-refractivity contribution in [2.24, 2.45) is 0 Å². The molecule has 4 heterocycles. The van der Waals surface area contributed by atoms with Gasteiger partial charge < -0.3 is 13.7 Å². The SMILES string of the molecule is CC1(C)OB(c2cc3oc4c5ccccc5cc5sc6ccc7sc(c2)c3c7c6c54)OC1(C)C. The van der Waals surface area contributed by atoms with Crippen LogP contribution in [0, 0.1) is 0 Å². The first-order chi connectivity index (χ1) is 16.3. The molecule has 0 unspecified atom stereocenters. The van der Waals surface area contributed by atoms with Crippen molar-refractivity contribution >= 4 is 97.5 Å². The highest BCUT2D eigenvalue weighted by atomic mass is 32.1. The molecule has 6 heteroatoms. The summed E-state index contributed by atoms with van der Waals surface area (Å²) >= 11 is 3.68. The largest absolute Gasteiger partial charge is 0.495 e. The van der Waals surface area contributed by atoms with Crippen molar-refractivity contribution in [2.75, 3.05) is 0 Å². The lowest BCUT2D eigenvalue weighted by atomic mass is 9.78. The van der Waals surface area contributed by atoms with Crippen LogP contribution >= 0.6 is 22.7 Å². The van der Waals surface area contributed by atoms with Crippen LogP contribution in [0.2, 0.25) is 0 Å². The third-order valence-electron chi connectivity index (χ3n) is 7.86. The first kappa shape index (κ1) is 19.6. The number of thiophene rings is 2. The minimum Gasteiger partial charge on any atom is -0.455 e. The summed E-state index contributed by atoms with van der Waals surface area (Å²) in [5.41, 5.74) is 2.07. The Labute approximate surface area is 204 Å². The standard InChI is InChI=1S/C28H21BO3S2/c1-27(2)28(3,4)32-29(31-27)15-12-17-22-21(13-15)34-18-9-10-19-24(23(18)22)25-20(33-19)11-14-7-5-6-8-16(14)26(25)30-17/h5-13H,1-4H3. The van der Waals surface area contributed by atoms with E-state index in [1.54, 1.807) is 0 Å². The molecule has 3 nitrogen and oxygen atoms in total. The highest BCUT2D eigenvalue weighted by Crippen LogP contribution is 2.49. The van der Waals surface area contributed by atoms with E-state index >= 15 is 0 Å². The van der Waals surface area contributed by atoms with Crippen molar-refractivity contribution in [3.63, 3.8) is 0 Å². The van der Waals surface area contributed by atoms with Crippen LogP contribution in [0.3, 0.4) is 0 Å². The normalized spacial score (nSPS) is 18.2. The van der Waals surface area contributed by atoms with Gasteiger partial charge in [0.15, 0.2) is 0 Å². The molecular weight excluding hydrogens is 459 g/mol. The molecule has 0 atom stereocenters. The highest BCUT2D eigenvalue weighted by molar-refractivity contribution is 7.28. The average Bonchev–Trinajstić information content (AvgIpc) is 3.37. The molecule has 0 radical (unpaired) electrons. The molecular formula is C28H21BO3S2. The van der Waals surface area contributed by atoms with Crippen LogP contribution in [0.1, 0.15) is 27.7 Å². The van der Waals surface area contributed by atoms with Gasteiger partial charge in [-0.25, -0.2) is 0 Å². The van der Waals surface area contributed by atoms with Crippen LogP contribution in [0.4, 0.5) is 0 Å². The molecule has 34 heavy (non-hydrogen) atoms. The molecule has 166 valence electrons.